The smallest absolute Gasteiger partial charge is 0.257 e. The van der Waals surface area contributed by atoms with Gasteiger partial charge in [-0.25, -0.2) is 0 Å². The number of hydrogen-bond donors (Lipinski definition) is 2. The van der Waals surface area contributed by atoms with E-state index in [0.29, 0.717) is 48.1 Å². The van der Waals surface area contributed by atoms with Crippen LogP contribution in [0.1, 0.15) is 29.3 Å². The second-order valence-corrected chi connectivity index (χ2v) is 9.41. The van der Waals surface area contributed by atoms with Crippen LogP contribution in [0.2, 0.25) is 5.02 Å². The molecule has 1 saturated heterocycles. The Morgan fingerprint density at radius 2 is 1.73 bits per heavy atom. The summed E-state index contributed by atoms with van der Waals surface area (Å²) in [5.74, 6) is 0.426. The Morgan fingerprint density at radius 1 is 0.973 bits per heavy atom. The van der Waals surface area contributed by atoms with Crippen LogP contribution in [-0.2, 0) is 11.4 Å². The minimum Gasteiger partial charge on any atom is -0.489 e. The number of carbonyl (C=O) groups is 2. The fourth-order valence-electron chi connectivity index (χ4n) is 4.07. The molecule has 3 aromatic carbocycles. The van der Waals surface area contributed by atoms with Crippen LogP contribution >= 0.6 is 23.8 Å². The molecule has 2 amide bonds. The van der Waals surface area contributed by atoms with E-state index in [1.165, 1.54) is 0 Å². The van der Waals surface area contributed by atoms with Gasteiger partial charge in [0.1, 0.15) is 12.4 Å². The molecule has 0 spiro atoms. The van der Waals surface area contributed by atoms with Crippen LogP contribution in [0.5, 0.6) is 5.75 Å². The lowest BCUT2D eigenvalue weighted by molar-refractivity contribution is -0.131. The molecule has 0 bridgehead atoms. The van der Waals surface area contributed by atoms with E-state index in [1.54, 1.807) is 30.3 Å². The van der Waals surface area contributed by atoms with Crippen molar-refractivity contribution in [3.05, 3.63) is 88.9 Å². The number of thiocarbonyl (C=S) groups is 1. The molecule has 2 N–H and O–H groups in total. The molecule has 0 unspecified atom stereocenters. The molecule has 1 aliphatic rings. The van der Waals surface area contributed by atoms with Gasteiger partial charge < -0.3 is 19.9 Å². The Bertz CT molecular complexity index is 1260. The van der Waals surface area contributed by atoms with Crippen LogP contribution < -0.4 is 20.3 Å². The van der Waals surface area contributed by atoms with E-state index >= 15 is 0 Å². The summed E-state index contributed by atoms with van der Waals surface area (Å²) in [6.45, 7) is 5.09. The first-order chi connectivity index (χ1) is 17.9. The number of hydrogen-bond acceptors (Lipinski definition) is 5. The van der Waals surface area contributed by atoms with Gasteiger partial charge in [-0.1, -0.05) is 54.9 Å². The van der Waals surface area contributed by atoms with E-state index < -0.39 is 0 Å². The van der Waals surface area contributed by atoms with Crippen molar-refractivity contribution in [2.24, 2.45) is 0 Å². The van der Waals surface area contributed by atoms with Crippen LogP contribution in [-0.4, -0.2) is 48.0 Å². The number of benzene rings is 3. The van der Waals surface area contributed by atoms with Gasteiger partial charge in [-0.15, -0.1) is 0 Å². The van der Waals surface area contributed by atoms with Crippen LogP contribution in [0.4, 0.5) is 11.4 Å². The Kier molecular flexibility index (Phi) is 8.98. The molecule has 4 rings (SSSR count). The lowest BCUT2D eigenvalue weighted by Gasteiger charge is -2.36. The molecule has 3 aromatic rings. The van der Waals surface area contributed by atoms with Crippen molar-refractivity contribution < 1.29 is 14.3 Å². The lowest BCUT2D eigenvalue weighted by Crippen LogP contribution is -2.48. The molecule has 0 radical (unpaired) electrons. The number of amides is 2. The van der Waals surface area contributed by atoms with Crippen molar-refractivity contribution >= 4 is 52.1 Å². The van der Waals surface area contributed by atoms with Crippen molar-refractivity contribution in [1.29, 1.82) is 0 Å². The maximum absolute atomic E-state index is 12.7. The SMILES string of the molecule is CCC(=O)N1CCN(c2ccc(NC(=S)NC(=O)c3cccc(OCc4ccccc4)c3)cc2Cl)CC1. The second-order valence-electron chi connectivity index (χ2n) is 8.60. The molecule has 0 saturated carbocycles. The molecule has 192 valence electrons. The normalized spacial score (nSPS) is 13.1. The molecule has 7 nitrogen and oxygen atoms in total. The number of rotatable bonds is 7. The highest BCUT2D eigenvalue weighted by molar-refractivity contribution is 7.80. The van der Waals surface area contributed by atoms with E-state index in [-0.39, 0.29) is 16.9 Å². The number of piperazine rings is 1. The van der Waals surface area contributed by atoms with Gasteiger partial charge in [0.25, 0.3) is 5.91 Å². The quantitative estimate of drug-likeness (QED) is 0.409. The monoisotopic (exact) mass is 536 g/mol. The third-order valence-electron chi connectivity index (χ3n) is 6.05. The molecule has 0 aromatic heterocycles. The first-order valence-electron chi connectivity index (χ1n) is 12.1. The Morgan fingerprint density at radius 3 is 2.43 bits per heavy atom. The Hall–Kier alpha value is -3.62. The number of carbonyl (C=O) groups excluding carboxylic acids is 2. The molecule has 1 aliphatic heterocycles. The summed E-state index contributed by atoms with van der Waals surface area (Å²) in [6, 6.07) is 22.3. The van der Waals surface area contributed by atoms with E-state index in [1.807, 2.05) is 54.3 Å². The number of halogens is 1. The number of nitrogens with zero attached hydrogens (tertiary/aromatic N) is 2. The first kappa shape index (κ1) is 26.4. The van der Waals surface area contributed by atoms with E-state index in [2.05, 4.69) is 15.5 Å². The van der Waals surface area contributed by atoms with Crippen molar-refractivity contribution in [3.8, 4) is 5.75 Å². The minimum atomic E-state index is -0.343. The third-order valence-corrected chi connectivity index (χ3v) is 6.56. The summed E-state index contributed by atoms with van der Waals surface area (Å²) in [5, 5.41) is 6.45. The predicted octanol–water partition coefficient (Wildman–Crippen LogP) is 5.10. The summed E-state index contributed by atoms with van der Waals surface area (Å²) in [7, 11) is 0. The van der Waals surface area contributed by atoms with Gasteiger partial charge >= 0.3 is 0 Å². The highest BCUT2D eigenvalue weighted by atomic mass is 35.5. The van der Waals surface area contributed by atoms with Crippen LogP contribution in [0.25, 0.3) is 0 Å². The van der Waals surface area contributed by atoms with Gasteiger partial charge in [-0.2, -0.15) is 0 Å². The molecule has 0 atom stereocenters. The molecule has 1 fully saturated rings. The molecular weight excluding hydrogens is 508 g/mol. The molecular formula is C28H29ClN4O3S. The number of nitrogens with one attached hydrogen (secondary N) is 2. The van der Waals surface area contributed by atoms with Gasteiger partial charge in [0.05, 0.1) is 10.7 Å². The highest BCUT2D eigenvalue weighted by Crippen LogP contribution is 2.30. The average Bonchev–Trinajstić information content (AvgIpc) is 2.92. The zero-order valence-electron chi connectivity index (χ0n) is 20.6. The van der Waals surface area contributed by atoms with Gasteiger partial charge in [-0.3, -0.25) is 14.9 Å². The fraction of sp³-hybridized carbons (Fsp3) is 0.250. The topological polar surface area (TPSA) is 73.9 Å². The largest absolute Gasteiger partial charge is 0.489 e. The first-order valence-corrected chi connectivity index (χ1v) is 12.9. The van der Waals surface area contributed by atoms with E-state index in [9.17, 15) is 9.59 Å². The van der Waals surface area contributed by atoms with Crippen molar-refractivity contribution in [1.82, 2.24) is 10.2 Å². The van der Waals surface area contributed by atoms with Crippen LogP contribution in [0, 0.1) is 0 Å². The highest BCUT2D eigenvalue weighted by Gasteiger charge is 2.21. The number of ether oxygens (including phenoxy) is 1. The van der Waals surface area contributed by atoms with Gasteiger partial charge in [0.15, 0.2) is 5.11 Å². The van der Waals surface area contributed by atoms with E-state index in [0.717, 1.165) is 24.3 Å². The fourth-order valence-corrected chi connectivity index (χ4v) is 4.58. The minimum absolute atomic E-state index is 0.163. The molecule has 9 heteroatoms. The Balaban J connectivity index is 1.30. The standard InChI is InChI=1S/C28H29ClN4O3S/c1-2-26(34)33-15-13-32(14-16-33)25-12-11-22(18-24(25)29)30-28(37)31-27(35)21-9-6-10-23(17-21)36-19-20-7-4-3-5-8-20/h3-12,17-18H,2,13-16,19H2,1H3,(H2,30,31,35,37). The molecule has 0 aliphatic carbocycles. The van der Waals surface area contributed by atoms with Crippen molar-refractivity contribution in [3.63, 3.8) is 0 Å². The molecule has 37 heavy (non-hydrogen) atoms. The molecule has 1 heterocycles. The van der Waals surface area contributed by atoms with Gasteiger partial charge in [0, 0.05) is 43.9 Å². The average molecular weight is 537 g/mol. The zero-order chi connectivity index (χ0) is 26.2. The van der Waals surface area contributed by atoms with Crippen molar-refractivity contribution in [2.45, 2.75) is 20.0 Å². The lowest BCUT2D eigenvalue weighted by atomic mass is 10.2. The summed E-state index contributed by atoms with van der Waals surface area (Å²) >= 11 is 11.9. The van der Waals surface area contributed by atoms with Crippen LogP contribution in [0.15, 0.2) is 72.8 Å². The maximum atomic E-state index is 12.7. The third kappa shape index (κ3) is 7.21. The zero-order valence-corrected chi connectivity index (χ0v) is 22.1. The summed E-state index contributed by atoms with van der Waals surface area (Å²) < 4.78 is 5.81. The summed E-state index contributed by atoms with van der Waals surface area (Å²) in [4.78, 5) is 28.7. The Labute approximate surface area is 227 Å². The van der Waals surface area contributed by atoms with Gasteiger partial charge in [-0.05, 0) is 54.2 Å². The number of anilines is 2. The summed E-state index contributed by atoms with van der Waals surface area (Å²) in [6.07, 6.45) is 0.519. The van der Waals surface area contributed by atoms with Crippen LogP contribution in [0.3, 0.4) is 0 Å². The second kappa shape index (κ2) is 12.6. The van der Waals surface area contributed by atoms with E-state index in [4.69, 9.17) is 28.6 Å². The van der Waals surface area contributed by atoms with Gasteiger partial charge in [0.2, 0.25) is 5.91 Å². The predicted molar refractivity (Wildman–Crippen MR) is 151 cm³/mol. The summed E-state index contributed by atoms with van der Waals surface area (Å²) in [5.41, 5.74) is 3.04. The maximum Gasteiger partial charge on any atom is 0.257 e. The van der Waals surface area contributed by atoms with Crippen molar-refractivity contribution in [2.75, 3.05) is 36.4 Å².